The van der Waals surface area contributed by atoms with Crippen LogP contribution in [0.4, 0.5) is 0 Å². The molecule has 0 radical (unpaired) electrons. The van der Waals surface area contributed by atoms with Crippen molar-refractivity contribution < 1.29 is 4.21 Å². The van der Waals surface area contributed by atoms with Crippen molar-refractivity contribution in [2.75, 3.05) is 5.75 Å². The smallest absolute Gasteiger partial charge is 0.0512 e. The molecule has 3 heteroatoms. The Morgan fingerprint density at radius 3 is 2.50 bits per heavy atom. The maximum Gasteiger partial charge on any atom is 0.0512 e. The second-order valence-corrected chi connectivity index (χ2v) is 5.99. The van der Waals surface area contributed by atoms with Crippen LogP contribution in [-0.2, 0) is 10.8 Å². The lowest BCUT2D eigenvalue weighted by atomic mass is 10.1. The van der Waals surface area contributed by atoms with Gasteiger partial charge in [-0.3, -0.25) is 4.21 Å². The van der Waals surface area contributed by atoms with E-state index in [9.17, 15) is 4.21 Å². The van der Waals surface area contributed by atoms with Crippen LogP contribution in [0.5, 0.6) is 0 Å². The van der Waals surface area contributed by atoms with Crippen LogP contribution in [0.15, 0.2) is 30.3 Å². The highest BCUT2D eigenvalue weighted by molar-refractivity contribution is 7.85. The lowest BCUT2D eigenvalue weighted by Gasteiger charge is -2.19. The zero-order chi connectivity index (χ0) is 12.0. The average Bonchev–Trinajstić information content (AvgIpc) is 2.35. The standard InChI is InChI=1S/C13H21NOS/c1-3-4-10-16(15)11(2)13(14)12-8-6-5-7-9-12/h5-9,11,13H,3-4,10,14H2,1-2H3. The Bertz CT molecular complexity index is 326. The predicted octanol–water partition coefficient (Wildman–Crippen LogP) is 2.62. The van der Waals surface area contributed by atoms with Crippen LogP contribution in [-0.4, -0.2) is 15.2 Å². The van der Waals surface area contributed by atoms with E-state index in [1.54, 1.807) is 0 Å². The van der Waals surface area contributed by atoms with Crippen molar-refractivity contribution in [1.29, 1.82) is 0 Å². The predicted molar refractivity (Wildman–Crippen MR) is 70.7 cm³/mol. The Morgan fingerprint density at radius 1 is 1.31 bits per heavy atom. The molecule has 1 aromatic rings. The molecule has 0 saturated carbocycles. The molecule has 0 aliphatic heterocycles. The van der Waals surface area contributed by atoms with Gasteiger partial charge in [0.1, 0.15) is 0 Å². The van der Waals surface area contributed by atoms with Crippen molar-refractivity contribution in [1.82, 2.24) is 0 Å². The van der Waals surface area contributed by atoms with Crippen molar-refractivity contribution in [3.05, 3.63) is 35.9 Å². The first-order valence-corrected chi connectivity index (χ1v) is 7.22. The molecule has 0 amide bonds. The summed E-state index contributed by atoms with van der Waals surface area (Å²) >= 11 is 0. The van der Waals surface area contributed by atoms with Crippen LogP contribution in [0.25, 0.3) is 0 Å². The Hall–Kier alpha value is -0.670. The minimum Gasteiger partial charge on any atom is -0.323 e. The molecule has 2 N–H and O–H groups in total. The third-order valence-corrected chi connectivity index (χ3v) is 4.62. The molecule has 3 atom stereocenters. The van der Waals surface area contributed by atoms with E-state index in [1.807, 2.05) is 37.3 Å². The second kappa shape index (κ2) is 6.81. The van der Waals surface area contributed by atoms with Gasteiger partial charge in [0.05, 0.1) is 5.25 Å². The fraction of sp³-hybridized carbons (Fsp3) is 0.538. The summed E-state index contributed by atoms with van der Waals surface area (Å²) in [4.78, 5) is 0. The average molecular weight is 239 g/mol. The fourth-order valence-electron chi connectivity index (χ4n) is 1.58. The van der Waals surface area contributed by atoms with Crippen molar-refractivity contribution in [2.45, 2.75) is 38.0 Å². The fourth-order valence-corrected chi connectivity index (χ4v) is 3.01. The van der Waals surface area contributed by atoms with Crippen LogP contribution >= 0.6 is 0 Å². The van der Waals surface area contributed by atoms with E-state index >= 15 is 0 Å². The van der Waals surface area contributed by atoms with Crippen molar-refractivity contribution in [2.24, 2.45) is 5.73 Å². The summed E-state index contributed by atoms with van der Waals surface area (Å²) in [6.07, 6.45) is 2.09. The number of hydrogen-bond donors (Lipinski definition) is 1. The summed E-state index contributed by atoms with van der Waals surface area (Å²) in [5, 5.41) is 0.0222. The first-order valence-electron chi connectivity index (χ1n) is 5.84. The van der Waals surface area contributed by atoms with Gasteiger partial charge in [-0.1, -0.05) is 43.7 Å². The van der Waals surface area contributed by atoms with Crippen LogP contribution < -0.4 is 5.73 Å². The van der Waals surface area contributed by atoms with Crippen LogP contribution in [0.3, 0.4) is 0 Å². The maximum atomic E-state index is 11.9. The van der Waals surface area contributed by atoms with Crippen molar-refractivity contribution in [3.8, 4) is 0 Å². The van der Waals surface area contributed by atoms with Crippen LogP contribution in [0.1, 0.15) is 38.3 Å². The molecule has 2 nitrogen and oxygen atoms in total. The number of nitrogens with two attached hydrogens (primary N) is 1. The number of rotatable bonds is 6. The molecule has 0 bridgehead atoms. The molecule has 0 aromatic heterocycles. The Morgan fingerprint density at radius 2 is 1.94 bits per heavy atom. The van der Waals surface area contributed by atoms with Crippen molar-refractivity contribution >= 4 is 10.8 Å². The number of hydrogen-bond acceptors (Lipinski definition) is 2. The molecule has 1 rings (SSSR count). The summed E-state index contributed by atoms with van der Waals surface area (Å²) in [6, 6.07) is 9.78. The lowest BCUT2D eigenvalue weighted by molar-refractivity contribution is 0.640. The Labute approximate surface area is 101 Å². The minimum absolute atomic E-state index is 0.0222. The van der Waals surface area contributed by atoms with E-state index in [2.05, 4.69) is 6.92 Å². The zero-order valence-corrected chi connectivity index (χ0v) is 10.9. The molecular formula is C13H21NOS. The van der Waals surface area contributed by atoms with E-state index in [4.69, 9.17) is 5.73 Å². The van der Waals surface area contributed by atoms with Crippen molar-refractivity contribution in [3.63, 3.8) is 0 Å². The first kappa shape index (κ1) is 13.4. The van der Waals surface area contributed by atoms with Gasteiger partial charge in [0.25, 0.3) is 0 Å². The second-order valence-electron chi connectivity index (χ2n) is 4.08. The summed E-state index contributed by atoms with van der Waals surface area (Å²) in [5.74, 6) is 0.762. The zero-order valence-electron chi connectivity index (χ0n) is 10.1. The largest absolute Gasteiger partial charge is 0.323 e. The normalized spacial score (nSPS) is 16.7. The van der Waals surface area contributed by atoms with Gasteiger partial charge < -0.3 is 5.73 Å². The van der Waals surface area contributed by atoms with E-state index in [0.717, 1.165) is 24.2 Å². The van der Waals surface area contributed by atoms with E-state index in [-0.39, 0.29) is 11.3 Å². The number of benzene rings is 1. The lowest BCUT2D eigenvalue weighted by Crippen LogP contribution is -2.28. The highest BCUT2D eigenvalue weighted by Gasteiger charge is 2.19. The molecule has 0 fully saturated rings. The Balaban J connectivity index is 2.60. The van der Waals surface area contributed by atoms with Gasteiger partial charge in [0.2, 0.25) is 0 Å². The van der Waals surface area contributed by atoms with Gasteiger partial charge in [-0.15, -0.1) is 0 Å². The Kier molecular flexibility index (Phi) is 5.71. The van der Waals surface area contributed by atoms with Crippen LogP contribution in [0, 0.1) is 0 Å². The maximum absolute atomic E-state index is 11.9. The molecule has 3 unspecified atom stereocenters. The quantitative estimate of drug-likeness (QED) is 0.829. The molecule has 0 aliphatic rings. The first-order chi connectivity index (χ1) is 7.66. The van der Waals surface area contributed by atoms with Gasteiger partial charge in [0, 0.05) is 22.6 Å². The molecule has 0 heterocycles. The minimum atomic E-state index is -0.820. The third kappa shape index (κ3) is 3.72. The summed E-state index contributed by atoms with van der Waals surface area (Å²) in [5.41, 5.74) is 7.19. The molecule has 0 aliphatic carbocycles. The number of unbranched alkanes of at least 4 members (excludes halogenated alkanes) is 1. The van der Waals surface area contributed by atoms with Crippen LogP contribution in [0.2, 0.25) is 0 Å². The van der Waals surface area contributed by atoms with Gasteiger partial charge in [-0.25, -0.2) is 0 Å². The molecule has 16 heavy (non-hydrogen) atoms. The van der Waals surface area contributed by atoms with E-state index < -0.39 is 10.8 Å². The highest BCUT2D eigenvalue weighted by Crippen LogP contribution is 2.18. The molecule has 90 valence electrons. The SMILES string of the molecule is CCCCS(=O)C(C)C(N)c1ccccc1. The monoisotopic (exact) mass is 239 g/mol. The summed E-state index contributed by atoms with van der Waals surface area (Å²) in [6.45, 7) is 4.09. The summed E-state index contributed by atoms with van der Waals surface area (Å²) in [7, 11) is -0.820. The van der Waals surface area contributed by atoms with Gasteiger partial charge in [0.15, 0.2) is 0 Å². The molecule has 0 saturated heterocycles. The molecular weight excluding hydrogens is 218 g/mol. The topological polar surface area (TPSA) is 43.1 Å². The van der Waals surface area contributed by atoms with E-state index in [0.29, 0.717) is 0 Å². The van der Waals surface area contributed by atoms with E-state index in [1.165, 1.54) is 0 Å². The summed E-state index contributed by atoms with van der Waals surface area (Å²) < 4.78 is 11.9. The molecule has 0 spiro atoms. The third-order valence-electron chi connectivity index (χ3n) is 2.80. The molecule has 1 aromatic carbocycles. The van der Waals surface area contributed by atoms with Gasteiger partial charge in [-0.2, -0.15) is 0 Å². The van der Waals surface area contributed by atoms with Gasteiger partial charge >= 0.3 is 0 Å². The highest BCUT2D eigenvalue weighted by atomic mass is 32.2. The van der Waals surface area contributed by atoms with Gasteiger partial charge in [-0.05, 0) is 18.9 Å².